The lowest BCUT2D eigenvalue weighted by Gasteiger charge is -2.37. The average molecular weight is 411 g/mol. The SMILES string of the molecule is Cc1ccccc1S(=O)(=O)NCC[C@H]1CC[C@H](NC(=O)C2CCC2)[C@@H](CO)O1. The summed E-state index contributed by atoms with van der Waals surface area (Å²) in [5, 5.41) is 12.7. The predicted molar refractivity (Wildman–Crippen MR) is 105 cm³/mol. The Morgan fingerprint density at radius 3 is 2.61 bits per heavy atom. The lowest BCUT2D eigenvalue weighted by Crippen LogP contribution is -2.53. The fraction of sp³-hybridized carbons (Fsp3) is 0.650. The van der Waals surface area contributed by atoms with Crippen molar-refractivity contribution in [3.8, 4) is 0 Å². The fourth-order valence-corrected chi connectivity index (χ4v) is 5.06. The van der Waals surface area contributed by atoms with Crippen LogP contribution in [0.25, 0.3) is 0 Å². The van der Waals surface area contributed by atoms with Crippen molar-refractivity contribution >= 4 is 15.9 Å². The zero-order valence-corrected chi connectivity index (χ0v) is 17.1. The molecule has 0 aromatic heterocycles. The number of rotatable bonds is 8. The van der Waals surface area contributed by atoms with Crippen molar-refractivity contribution in [1.82, 2.24) is 10.0 Å². The van der Waals surface area contributed by atoms with Gasteiger partial charge in [-0.1, -0.05) is 24.6 Å². The first kappa shape index (κ1) is 21.2. The number of benzene rings is 1. The molecular weight excluding hydrogens is 380 g/mol. The van der Waals surface area contributed by atoms with Gasteiger partial charge in [-0.15, -0.1) is 0 Å². The highest BCUT2D eigenvalue weighted by atomic mass is 32.2. The van der Waals surface area contributed by atoms with Crippen LogP contribution in [0.2, 0.25) is 0 Å². The number of nitrogens with one attached hydrogen (secondary N) is 2. The van der Waals surface area contributed by atoms with E-state index >= 15 is 0 Å². The molecule has 3 atom stereocenters. The van der Waals surface area contributed by atoms with E-state index in [4.69, 9.17) is 4.74 Å². The van der Waals surface area contributed by atoms with Gasteiger partial charge in [-0.05, 0) is 50.7 Å². The lowest BCUT2D eigenvalue weighted by molar-refractivity contribution is -0.134. The normalized spacial score (nSPS) is 25.9. The molecule has 7 nitrogen and oxygen atoms in total. The van der Waals surface area contributed by atoms with Crippen LogP contribution in [0.5, 0.6) is 0 Å². The zero-order valence-electron chi connectivity index (χ0n) is 16.3. The van der Waals surface area contributed by atoms with Crippen LogP contribution in [0.4, 0.5) is 0 Å². The van der Waals surface area contributed by atoms with Crippen LogP contribution < -0.4 is 10.0 Å². The molecule has 28 heavy (non-hydrogen) atoms. The summed E-state index contributed by atoms with van der Waals surface area (Å²) in [5.41, 5.74) is 0.703. The van der Waals surface area contributed by atoms with Crippen molar-refractivity contribution in [3.05, 3.63) is 29.8 Å². The van der Waals surface area contributed by atoms with Crippen molar-refractivity contribution in [2.24, 2.45) is 5.92 Å². The second-order valence-electron chi connectivity index (χ2n) is 7.75. The van der Waals surface area contributed by atoms with Crippen molar-refractivity contribution in [2.45, 2.75) is 68.6 Å². The number of ether oxygens (including phenoxy) is 1. The van der Waals surface area contributed by atoms with E-state index in [9.17, 15) is 18.3 Å². The number of amides is 1. The second-order valence-corrected chi connectivity index (χ2v) is 9.49. The molecule has 2 fully saturated rings. The van der Waals surface area contributed by atoms with E-state index in [1.807, 2.05) is 0 Å². The predicted octanol–water partition coefficient (Wildman–Crippen LogP) is 1.49. The minimum absolute atomic E-state index is 0.0581. The van der Waals surface area contributed by atoms with Gasteiger partial charge in [0.2, 0.25) is 15.9 Å². The van der Waals surface area contributed by atoms with Crippen LogP contribution in [0.15, 0.2) is 29.2 Å². The maximum Gasteiger partial charge on any atom is 0.240 e. The van der Waals surface area contributed by atoms with E-state index in [2.05, 4.69) is 10.0 Å². The van der Waals surface area contributed by atoms with Crippen LogP contribution in [-0.4, -0.2) is 50.8 Å². The number of aliphatic hydroxyl groups excluding tert-OH is 1. The van der Waals surface area contributed by atoms with Crippen LogP contribution in [0.1, 0.15) is 44.1 Å². The molecule has 3 rings (SSSR count). The first-order valence-corrected chi connectivity index (χ1v) is 11.5. The summed E-state index contributed by atoms with van der Waals surface area (Å²) in [6.45, 7) is 1.86. The molecule has 0 spiro atoms. The van der Waals surface area contributed by atoms with Crippen molar-refractivity contribution in [3.63, 3.8) is 0 Å². The van der Waals surface area contributed by atoms with E-state index < -0.39 is 16.1 Å². The molecule has 1 heterocycles. The molecular formula is C20H30N2O5S. The Bertz CT molecular complexity index is 779. The topological polar surface area (TPSA) is 105 Å². The third-order valence-electron chi connectivity index (χ3n) is 5.74. The molecule has 1 aromatic rings. The van der Waals surface area contributed by atoms with Gasteiger partial charge in [0.05, 0.1) is 23.6 Å². The molecule has 1 saturated heterocycles. The van der Waals surface area contributed by atoms with Gasteiger partial charge < -0.3 is 15.2 Å². The Morgan fingerprint density at radius 1 is 1.21 bits per heavy atom. The molecule has 0 radical (unpaired) electrons. The smallest absolute Gasteiger partial charge is 0.240 e. The third kappa shape index (κ3) is 5.11. The molecule has 1 amide bonds. The minimum Gasteiger partial charge on any atom is -0.394 e. The number of aliphatic hydroxyl groups is 1. The van der Waals surface area contributed by atoms with E-state index in [1.54, 1.807) is 31.2 Å². The Labute approximate surface area is 166 Å². The van der Waals surface area contributed by atoms with Crippen LogP contribution >= 0.6 is 0 Å². The van der Waals surface area contributed by atoms with Gasteiger partial charge in [0.25, 0.3) is 0 Å². The van der Waals surface area contributed by atoms with E-state index in [0.717, 1.165) is 32.1 Å². The number of hydrogen-bond acceptors (Lipinski definition) is 5. The number of sulfonamides is 1. The van der Waals surface area contributed by atoms with Crippen LogP contribution in [0.3, 0.4) is 0 Å². The van der Waals surface area contributed by atoms with E-state index in [-0.39, 0.29) is 42.0 Å². The molecule has 0 bridgehead atoms. The highest BCUT2D eigenvalue weighted by molar-refractivity contribution is 7.89. The number of carbonyl (C=O) groups excluding carboxylic acids is 1. The highest BCUT2D eigenvalue weighted by Gasteiger charge is 2.34. The summed E-state index contributed by atoms with van der Waals surface area (Å²) in [4.78, 5) is 12.4. The summed E-state index contributed by atoms with van der Waals surface area (Å²) >= 11 is 0. The van der Waals surface area contributed by atoms with Gasteiger partial charge in [-0.25, -0.2) is 13.1 Å². The largest absolute Gasteiger partial charge is 0.394 e. The Hall–Kier alpha value is -1.48. The molecule has 1 aliphatic carbocycles. The van der Waals surface area contributed by atoms with Gasteiger partial charge >= 0.3 is 0 Å². The monoisotopic (exact) mass is 410 g/mol. The Balaban J connectivity index is 1.47. The Kier molecular flexibility index (Phi) is 7.09. The summed E-state index contributed by atoms with van der Waals surface area (Å²) in [6.07, 6.45) is 4.34. The molecule has 1 saturated carbocycles. The molecule has 0 unspecified atom stereocenters. The Morgan fingerprint density at radius 2 is 1.96 bits per heavy atom. The standard InChI is InChI=1S/C20H30N2O5S/c1-14-5-2-3-8-19(14)28(25,26)21-12-11-16-9-10-17(18(13-23)27-16)22-20(24)15-6-4-7-15/h2-3,5,8,15-18,21,23H,4,6-7,9-13H2,1H3,(H,22,24)/t16-,17+,18-/m1/s1. The van der Waals surface area contributed by atoms with Gasteiger partial charge in [-0.3, -0.25) is 4.79 Å². The number of aryl methyl sites for hydroxylation is 1. The van der Waals surface area contributed by atoms with Gasteiger partial charge in [-0.2, -0.15) is 0 Å². The molecule has 3 N–H and O–H groups in total. The highest BCUT2D eigenvalue weighted by Crippen LogP contribution is 2.28. The summed E-state index contributed by atoms with van der Waals surface area (Å²) in [6, 6.07) is 6.68. The molecule has 156 valence electrons. The number of carbonyl (C=O) groups is 1. The second kappa shape index (κ2) is 9.35. The minimum atomic E-state index is -3.56. The molecule has 1 aromatic carbocycles. The zero-order chi connectivity index (χ0) is 20.1. The van der Waals surface area contributed by atoms with Gasteiger partial charge in [0.15, 0.2) is 0 Å². The van der Waals surface area contributed by atoms with Gasteiger partial charge in [0, 0.05) is 12.5 Å². The van der Waals surface area contributed by atoms with Crippen LogP contribution in [-0.2, 0) is 19.6 Å². The maximum atomic E-state index is 12.4. The van der Waals surface area contributed by atoms with Crippen LogP contribution in [0, 0.1) is 12.8 Å². The number of hydrogen-bond donors (Lipinski definition) is 3. The quantitative estimate of drug-likeness (QED) is 0.602. The maximum absolute atomic E-state index is 12.4. The van der Waals surface area contributed by atoms with E-state index in [1.165, 1.54) is 0 Å². The summed E-state index contributed by atoms with van der Waals surface area (Å²) in [7, 11) is -3.56. The van der Waals surface area contributed by atoms with Crippen molar-refractivity contribution < 1.29 is 23.1 Å². The first-order valence-electron chi connectivity index (χ1n) is 10.0. The average Bonchev–Trinajstić information content (AvgIpc) is 2.61. The van der Waals surface area contributed by atoms with E-state index in [0.29, 0.717) is 12.0 Å². The molecule has 2 aliphatic rings. The van der Waals surface area contributed by atoms with Crippen molar-refractivity contribution in [1.29, 1.82) is 0 Å². The summed E-state index contributed by atoms with van der Waals surface area (Å²) < 4.78 is 33.4. The first-order chi connectivity index (χ1) is 13.4. The van der Waals surface area contributed by atoms with Gasteiger partial charge in [0.1, 0.15) is 6.10 Å². The lowest BCUT2D eigenvalue weighted by atomic mass is 9.84. The molecule has 1 aliphatic heterocycles. The summed E-state index contributed by atoms with van der Waals surface area (Å²) in [5.74, 6) is 0.163. The molecule has 8 heteroatoms. The third-order valence-corrected chi connectivity index (χ3v) is 7.36. The fourth-order valence-electron chi connectivity index (χ4n) is 3.77. The van der Waals surface area contributed by atoms with Crippen molar-refractivity contribution in [2.75, 3.05) is 13.2 Å².